The van der Waals surface area contributed by atoms with Gasteiger partial charge in [0.05, 0.1) is 7.11 Å². The van der Waals surface area contributed by atoms with Gasteiger partial charge in [-0.05, 0) is 24.1 Å². The largest absolute Gasteiger partial charge is 0.497 e. The lowest BCUT2D eigenvalue weighted by atomic mass is 9.85. The standard InChI is InChI=1S/C22H25N3O4/c1-3-4-13-22(16-9-6-5-7-10-16)20(27)25(21(28)24-22)15-19(26)23-17-11-8-12-18(14-17)29-2/h5-12,14H,3-4,13,15H2,1-2H3,(H,23,26)(H,24,28). The Morgan fingerprint density at radius 2 is 1.90 bits per heavy atom. The van der Waals surface area contributed by atoms with Crippen molar-refractivity contribution in [2.24, 2.45) is 0 Å². The molecule has 1 saturated heterocycles. The highest BCUT2D eigenvalue weighted by Gasteiger charge is 2.52. The maximum absolute atomic E-state index is 13.3. The minimum Gasteiger partial charge on any atom is -0.497 e. The predicted molar refractivity (Wildman–Crippen MR) is 110 cm³/mol. The van der Waals surface area contributed by atoms with Crippen LogP contribution in [0.2, 0.25) is 0 Å². The van der Waals surface area contributed by atoms with Gasteiger partial charge in [-0.3, -0.25) is 14.5 Å². The molecule has 7 nitrogen and oxygen atoms in total. The van der Waals surface area contributed by atoms with Gasteiger partial charge in [0.15, 0.2) is 0 Å². The van der Waals surface area contributed by atoms with Crippen LogP contribution in [0.25, 0.3) is 0 Å². The van der Waals surface area contributed by atoms with Crippen molar-refractivity contribution < 1.29 is 19.1 Å². The summed E-state index contributed by atoms with van der Waals surface area (Å²) in [6.45, 7) is 1.67. The number of hydrogen-bond acceptors (Lipinski definition) is 4. The van der Waals surface area contributed by atoms with Crippen molar-refractivity contribution in [1.29, 1.82) is 0 Å². The molecule has 2 aromatic rings. The van der Waals surface area contributed by atoms with Crippen molar-refractivity contribution in [2.45, 2.75) is 31.7 Å². The van der Waals surface area contributed by atoms with Crippen LogP contribution in [0.15, 0.2) is 54.6 Å². The zero-order valence-corrected chi connectivity index (χ0v) is 16.6. The zero-order valence-electron chi connectivity index (χ0n) is 16.6. The van der Waals surface area contributed by atoms with Gasteiger partial charge in [-0.25, -0.2) is 4.79 Å². The third-order valence-corrected chi connectivity index (χ3v) is 5.00. The van der Waals surface area contributed by atoms with E-state index < -0.39 is 23.4 Å². The molecule has 1 fully saturated rings. The van der Waals surface area contributed by atoms with E-state index in [4.69, 9.17) is 4.74 Å². The molecule has 1 aliphatic rings. The molecule has 1 aliphatic heterocycles. The summed E-state index contributed by atoms with van der Waals surface area (Å²) in [5, 5.41) is 5.55. The van der Waals surface area contributed by atoms with E-state index in [9.17, 15) is 14.4 Å². The summed E-state index contributed by atoms with van der Waals surface area (Å²) in [6.07, 6.45) is 2.13. The molecule has 29 heavy (non-hydrogen) atoms. The number of carbonyl (C=O) groups excluding carboxylic acids is 3. The Hall–Kier alpha value is -3.35. The van der Waals surface area contributed by atoms with E-state index in [1.54, 1.807) is 24.3 Å². The highest BCUT2D eigenvalue weighted by molar-refractivity contribution is 6.10. The van der Waals surface area contributed by atoms with Crippen molar-refractivity contribution in [2.75, 3.05) is 19.0 Å². The Labute approximate surface area is 170 Å². The molecular formula is C22H25N3O4. The van der Waals surface area contributed by atoms with E-state index in [0.717, 1.165) is 23.3 Å². The van der Waals surface area contributed by atoms with Gasteiger partial charge >= 0.3 is 6.03 Å². The van der Waals surface area contributed by atoms with E-state index in [2.05, 4.69) is 10.6 Å². The van der Waals surface area contributed by atoms with E-state index in [-0.39, 0.29) is 6.54 Å². The van der Waals surface area contributed by atoms with Gasteiger partial charge in [-0.1, -0.05) is 56.2 Å². The summed E-state index contributed by atoms with van der Waals surface area (Å²) in [6, 6.07) is 15.5. The minimum atomic E-state index is -1.13. The van der Waals surface area contributed by atoms with Crippen LogP contribution in [0.3, 0.4) is 0 Å². The quantitative estimate of drug-likeness (QED) is 0.672. The number of carbonyl (C=O) groups is 3. The summed E-state index contributed by atoms with van der Waals surface area (Å²) >= 11 is 0. The van der Waals surface area contributed by atoms with Crippen molar-refractivity contribution in [3.05, 3.63) is 60.2 Å². The topological polar surface area (TPSA) is 87.7 Å². The van der Waals surface area contributed by atoms with Crippen LogP contribution in [0.5, 0.6) is 5.75 Å². The van der Waals surface area contributed by atoms with Crippen LogP contribution in [0, 0.1) is 0 Å². The minimum absolute atomic E-state index is 0.359. The molecule has 0 spiro atoms. The number of benzene rings is 2. The van der Waals surface area contributed by atoms with Crippen molar-refractivity contribution in [3.63, 3.8) is 0 Å². The van der Waals surface area contributed by atoms with Crippen molar-refractivity contribution in [1.82, 2.24) is 10.2 Å². The summed E-state index contributed by atoms with van der Waals surface area (Å²) in [5.74, 6) is -0.260. The number of nitrogens with one attached hydrogen (secondary N) is 2. The van der Waals surface area contributed by atoms with Crippen LogP contribution < -0.4 is 15.4 Å². The Morgan fingerprint density at radius 1 is 1.14 bits per heavy atom. The first-order chi connectivity index (χ1) is 14.0. The number of anilines is 1. The molecule has 4 amide bonds. The number of imide groups is 1. The fourth-order valence-electron chi connectivity index (χ4n) is 3.49. The molecule has 2 aromatic carbocycles. The molecule has 0 radical (unpaired) electrons. The molecule has 152 valence electrons. The van der Waals surface area contributed by atoms with Crippen LogP contribution in [0.1, 0.15) is 31.7 Å². The average molecular weight is 395 g/mol. The summed E-state index contributed by atoms with van der Waals surface area (Å²) in [7, 11) is 1.54. The van der Waals surface area contributed by atoms with Crippen LogP contribution >= 0.6 is 0 Å². The molecule has 7 heteroatoms. The molecule has 2 N–H and O–H groups in total. The highest BCUT2D eigenvalue weighted by atomic mass is 16.5. The fourth-order valence-corrected chi connectivity index (χ4v) is 3.49. The van der Waals surface area contributed by atoms with Gasteiger partial charge in [0.1, 0.15) is 17.8 Å². The highest BCUT2D eigenvalue weighted by Crippen LogP contribution is 2.34. The number of hydrogen-bond donors (Lipinski definition) is 2. The van der Waals surface area contributed by atoms with E-state index >= 15 is 0 Å². The lowest BCUT2D eigenvalue weighted by Gasteiger charge is -2.27. The van der Waals surface area contributed by atoms with E-state index in [1.165, 1.54) is 7.11 Å². The number of methoxy groups -OCH3 is 1. The number of ether oxygens (including phenoxy) is 1. The first-order valence-corrected chi connectivity index (χ1v) is 9.63. The molecule has 1 unspecified atom stereocenters. The molecular weight excluding hydrogens is 370 g/mol. The zero-order chi connectivity index (χ0) is 20.9. The maximum atomic E-state index is 13.3. The molecule has 0 aliphatic carbocycles. The number of urea groups is 1. The van der Waals surface area contributed by atoms with Gasteiger partial charge < -0.3 is 15.4 Å². The lowest BCUT2D eigenvalue weighted by molar-refractivity contribution is -0.134. The van der Waals surface area contributed by atoms with Gasteiger partial charge in [-0.15, -0.1) is 0 Å². The predicted octanol–water partition coefficient (Wildman–Crippen LogP) is 3.27. The molecule has 0 bridgehead atoms. The third kappa shape index (κ3) is 4.23. The lowest BCUT2D eigenvalue weighted by Crippen LogP contribution is -2.44. The number of unbranched alkanes of at least 4 members (excludes halogenated alkanes) is 1. The van der Waals surface area contributed by atoms with Gasteiger partial charge in [0, 0.05) is 11.8 Å². The third-order valence-electron chi connectivity index (χ3n) is 5.00. The van der Waals surface area contributed by atoms with Crippen LogP contribution in [-0.2, 0) is 15.1 Å². The molecule has 0 aromatic heterocycles. The van der Waals surface area contributed by atoms with E-state index in [1.807, 2.05) is 37.3 Å². The van der Waals surface area contributed by atoms with Crippen LogP contribution in [0.4, 0.5) is 10.5 Å². The first-order valence-electron chi connectivity index (χ1n) is 9.63. The number of rotatable bonds is 8. The second-order valence-electron chi connectivity index (χ2n) is 6.98. The first kappa shape index (κ1) is 20.4. The Kier molecular flexibility index (Phi) is 6.16. The van der Waals surface area contributed by atoms with Gasteiger partial charge in [0.25, 0.3) is 5.91 Å². The Balaban J connectivity index is 1.78. The molecule has 1 heterocycles. The maximum Gasteiger partial charge on any atom is 0.325 e. The SMILES string of the molecule is CCCCC1(c2ccccc2)NC(=O)N(CC(=O)Nc2cccc(OC)c2)C1=O. The number of nitrogens with zero attached hydrogens (tertiary/aromatic N) is 1. The second kappa shape index (κ2) is 8.77. The Morgan fingerprint density at radius 3 is 2.59 bits per heavy atom. The molecule has 3 rings (SSSR count). The Bertz CT molecular complexity index is 900. The normalized spacial score (nSPS) is 18.5. The van der Waals surface area contributed by atoms with Crippen LogP contribution in [-0.4, -0.2) is 36.4 Å². The molecule has 1 atom stereocenters. The van der Waals surface area contributed by atoms with Gasteiger partial charge in [-0.2, -0.15) is 0 Å². The smallest absolute Gasteiger partial charge is 0.325 e. The summed E-state index contributed by atoms with van der Waals surface area (Å²) in [4.78, 5) is 39.4. The summed E-state index contributed by atoms with van der Waals surface area (Å²) < 4.78 is 5.14. The summed E-state index contributed by atoms with van der Waals surface area (Å²) in [5.41, 5.74) is 0.120. The fraction of sp³-hybridized carbons (Fsp3) is 0.318. The van der Waals surface area contributed by atoms with Crippen molar-refractivity contribution in [3.8, 4) is 5.75 Å². The van der Waals surface area contributed by atoms with Crippen molar-refractivity contribution >= 4 is 23.5 Å². The van der Waals surface area contributed by atoms with Gasteiger partial charge in [0.2, 0.25) is 5.91 Å². The second-order valence-corrected chi connectivity index (χ2v) is 6.98. The average Bonchev–Trinajstić information content (AvgIpc) is 2.98. The monoisotopic (exact) mass is 395 g/mol. The number of amides is 4. The van der Waals surface area contributed by atoms with E-state index in [0.29, 0.717) is 17.9 Å². The molecule has 0 saturated carbocycles.